The second-order valence-electron chi connectivity index (χ2n) is 8.68. The Hall–Kier alpha value is -3.83. The zero-order chi connectivity index (χ0) is 25.8. The van der Waals surface area contributed by atoms with Crippen molar-refractivity contribution < 1.29 is 19.1 Å². The molecule has 9 nitrogen and oxygen atoms in total. The molecule has 0 spiro atoms. The molecule has 0 aliphatic carbocycles. The van der Waals surface area contributed by atoms with Crippen molar-refractivity contribution in [3.63, 3.8) is 0 Å². The molecule has 2 N–H and O–H groups in total. The van der Waals surface area contributed by atoms with Crippen LogP contribution in [0.25, 0.3) is 10.9 Å². The van der Waals surface area contributed by atoms with E-state index in [-0.39, 0.29) is 29.8 Å². The van der Waals surface area contributed by atoms with E-state index in [1.54, 1.807) is 23.5 Å². The Morgan fingerprint density at radius 3 is 2.62 bits per heavy atom. The largest absolute Gasteiger partial charge is 0.496 e. The van der Waals surface area contributed by atoms with Crippen LogP contribution in [0.1, 0.15) is 50.3 Å². The van der Waals surface area contributed by atoms with Gasteiger partial charge in [-0.3, -0.25) is 25.2 Å². The standard InChI is InChI=1S/C26H25N5O4S2/c1-35-22-13-20(27-19-5-3-2-4-18(19)22)26(34)31-9-6-17(7-10-31)25-28-21(15-37-25)24(33)30-29-23(32)12-16-8-11-36-14-16/h2-5,8,11,13-15,17H,6-7,9-10,12H2,1H3,(H,29,32)(H,30,33). The zero-order valence-electron chi connectivity index (χ0n) is 20.1. The van der Waals surface area contributed by atoms with Gasteiger partial charge in [0.25, 0.3) is 11.8 Å². The maximum atomic E-state index is 13.2. The number of nitrogens with zero attached hydrogens (tertiary/aromatic N) is 3. The summed E-state index contributed by atoms with van der Waals surface area (Å²) < 4.78 is 5.48. The number of fused-ring (bicyclic) bond motifs is 1. The molecule has 0 radical (unpaired) electrons. The van der Waals surface area contributed by atoms with Crippen molar-refractivity contribution >= 4 is 51.3 Å². The quantitative estimate of drug-likeness (QED) is 0.363. The second-order valence-corrected chi connectivity index (χ2v) is 10.3. The predicted octanol–water partition coefficient (Wildman–Crippen LogP) is 3.78. The van der Waals surface area contributed by atoms with Crippen LogP contribution in [0, 0.1) is 0 Å². The van der Waals surface area contributed by atoms with Gasteiger partial charge in [0.15, 0.2) is 0 Å². The van der Waals surface area contributed by atoms with Gasteiger partial charge in [-0.25, -0.2) is 9.97 Å². The van der Waals surface area contributed by atoms with Crippen molar-refractivity contribution in [2.75, 3.05) is 20.2 Å². The maximum Gasteiger partial charge on any atom is 0.289 e. The van der Waals surface area contributed by atoms with Gasteiger partial charge < -0.3 is 9.64 Å². The summed E-state index contributed by atoms with van der Waals surface area (Å²) >= 11 is 2.93. The van der Waals surface area contributed by atoms with Crippen molar-refractivity contribution in [3.05, 3.63) is 74.5 Å². The number of nitrogens with one attached hydrogen (secondary N) is 2. The fraction of sp³-hybridized carbons (Fsp3) is 0.269. The number of aromatic nitrogens is 2. The number of thiazole rings is 1. The fourth-order valence-electron chi connectivity index (χ4n) is 4.31. The number of carbonyl (C=O) groups is 3. The highest BCUT2D eigenvalue weighted by Crippen LogP contribution is 2.31. The molecule has 0 bridgehead atoms. The van der Waals surface area contributed by atoms with Crippen molar-refractivity contribution in [1.29, 1.82) is 0 Å². The third kappa shape index (κ3) is 5.62. The Balaban J connectivity index is 1.16. The first kappa shape index (κ1) is 24.8. The van der Waals surface area contributed by atoms with Crippen molar-refractivity contribution in [2.45, 2.75) is 25.2 Å². The van der Waals surface area contributed by atoms with Gasteiger partial charge in [-0.15, -0.1) is 11.3 Å². The number of carbonyl (C=O) groups excluding carboxylic acids is 3. The number of likely N-dealkylation sites (tertiary alicyclic amines) is 1. The van der Waals surface area contributed by atoms with Gasteiger partial charge in [0.2, 0.25) is 5.91 Å². The molecule has 3 amide bonds. The molecule has 3 aromatic heterocycles. The first-order valence-corrected chi connectivity index (χ1v) is 13.6. The minimum atomic E-state index is -0.454. The van der Waals surface area contributed by atoms with Crippen LogP contribution in [0.5, 0.6) is 5.75 Å². The third-order valence-electron chi connectivity index (χ3n) is 6.26. The summed E-state index contributed by atoms with van der Waals surface area (Å²) in [5.74, 6) is -0.0919. The topological polar surface area (TPSA) is 114 Å². The number of ether oxygens (including phenoxy) is 1. The molecule has 1 fully saturated rings. The van der Waals surface area contributed by atoms with Crippen LogP contribution in [-0.2, 0) is 11.2 Å². The lowest BCUT2D eigenvalue weighted by Gasteiger charge is -2.31. The highest BCUT2D eigenvalue weighted by Gasteiger charge is 2.28. The third-order valence-corrected chi connectivity index (χ3v) is 8.00. The minimum Gasteiger partial charge on any atom is -0.496 e. The molecule has 1 aromatic carbocycles. The number of para-hydroxylation sites is 1. The maximum absolute atomic E-state index is 13.2. The number of methoxy groups -OCH3 is 1. The van der Waals surface area contributed by atoms with Gasteiger partial charge in [0, 0.05) is 35.8 Å². The molecule has 4 heterocycles. The Kier molecular flexibility index (Phi) is 7.42. The normalized spacial score (nSPS) is 13.9. The van der Waals surface area contributed by atoms with E-state index >= 15 is 0 Å². The minimum absolute atomic E-state index is 0.125. The van der Waals surface area contributed by atoms with E-state index in [2.05, 4.69) is 20.8 Å². The molecule has 11 heteroatoms. The van der Waals surface area contributed by atoms with E-state index in [0.29, 0.717) is 24.5 Å². The fourth-order valence-corrected chi connectivity index (χ4v) is 5.95. The molecule has 0 saturated carbocycles. The molecule has 0 atom stereocenters. The van der Waals surface area contributed by atoms with Gasteiger partial charge in [-0.05, 0) is 47.4 Å². The first-order chi connectivity index (χ1) is 18.0. The average Bonchev–Trinajstić information content (AvgIpc) is 3.63. The molecule has 0 unspecified atom stereocenters. The number of amides is 3. The number of pyridine rings is 1. The van der Waals surface area contributed by atoms with Crippen LogP contribution < -0.4 is 15.6 Å². The number of piperidine rings is 1. The molecular formula is C26H25N5O4S2. The Morgan fingerprint density at radius 2 is 1.86 bits per heavy atom. The number of hydrogen-bond acceptors (Lipinski definition) is 8. The van der Waals surface area contributed by atoms with Gasteiger partial charge in [0.1, 0.15) is 17.1 Å². The summed E-state index contributed by atoms with van der Waals surface area (Å²) in [7, 11) is 1.59. The summed E-state index contributed by atoms with van der Waals surface area (Å²) in [6.07, 6.45) is 1.68. The van der Waals surface area contributed by atoms with Crippen LogP contribution in [0.2, 0.25) is 0 Å². The van der Waals surface area contributed by atoms with Crippen LogP contribution in [0.3, 0.4) is 0 Å². The van der Waals surface area contributed by atoms with Crippen LogP contribution >= 0.6 is 22.7 Å². The Morgan fingerprint density at radius 1 is 1.05 bits per heavy atom. The monoisotopic (exact) mass is 535 g/mol. The second kappa shape index (κ2) is 11.1. The van der Waals surface area contributed by atoms with Gasteiger partial charge >= 0.3 is 0 Å². The zero-order valence-corrected chi connectivity index (χ0v) is 21.7. The van der Waals surface area contributed by atoms with Crippen molar-refractivity contribution in [2.24, 2.45) is 0 Å². The van der Waals surface area contributed by atoms with E-state index in [1.807, 2.05) is 41.1 Å². The van der Waals surface area contributed by atoms with E-state index < -0.39 is 5.91 Å². The lowest BCUT2D eigenvalue weighted by Crippen LogP contribution is -2.42. The summed E-state index contributed by atoms with van der Waals surface area (Å²) in [6.45, 7) is 1.14. The van der Waals surface area contributed by atoms with Crippen LogP contribution in [0.4, 0.5) is 0 Å². The summed E-state index contributed by atoms with van der Waals surface area (Å²) in [5.41, 5.74) is 7.11. The molecule has 5 rings (SSSR count). The molecular weight excluding hydrogens is 510 g/mol. The van der Waals surface area contributed by atoms with E-state index in [4.69, 9.17) is 4.74 Å². The summed E-state index contributed by atoms with van der Waals surface area (Å²) in [4.78, 5) is 48.5. The summed E-state index contributed by atoms with van der Waals surface area (Å²) in [6, 6.07) is 11.1. The van der Waals surface area contributed by atoms with Crippen LogP contribution in [-0.4, -0.2) is 52.8 Å². The number of hydrogen-bond donors (Lipinski definition) is 2. The lowest BCUT2D eigenvalue weighted by molar-refractivity contribution is -0.121. The van der Waals surface area contributed by atoms with Crippen LogP contribution in [0.15, 0.2) is 52.5 Å². The molecule has 4 aromatic rings. The lowest BCUT2D eigenvalue weighted by atomic mass is 9.97. The van der Waals surface area contributed by atoms with Gasteiger partial charge in [0.05, 0.1) is 24.1 Å². The Labute approximate surface area is 221 Å². The number of rotatable bonds is 6. The molecule has 1 aliphatic heterocycles. The van der Waals surface area contributed by atoms with Crippen molar-refractivity contribution in [3.8, 4) is 5.75 Å². The Bertz CT molecular complexity index is 1430. The molecule has 190 valence electrons. The highest BCUT2D eigenvalue weighted by atomic mass is 32.1. The first-order valence-electron chi connectivity index (χ1n) is 11.8. The number of benzene rings is 1. The van der Waals surface area contributed by atoms with E-state index in [9.17, 15) is 14.4 Å². The van der Waals surface area contributed by atoms with Gasteiger partial charge in [-0.2, -0.15) is 11.3 Å². The summed E-state index contributed by atoms with van der Waals surface area (Å²) in [5, 5.41) is 7.20. The predicted molar refractivity (Wildman–Crippen MR) is 142 cm³/mol. The smallest absolute Gasteiger partial charge is 0.289 e. The van der Waals surface area contributed by atoms with E-state index in [0.717, 1.165) is 34.3 Å². The van der Waals surface area contributed by atoms with Crippen molar-refractivity contribution in [1.82, 2.24) is 25.7 Å². The molecule has 37 heavy (non-hydrogen) atoms. The highest BCUT2D eigenvalue weighted by molar-refractivity contribution is 7.10. The number of thiophene rings is 1. The SMILES string of the molecule is COc1cc(C(=O)N2CCC(c3nc(C(=O)NNC(=O)Cc4ccsc4)cs3)CC2)nc2ccccc12. The van der Waals surface area contributed by atoms with E-state index in [1.165, 1.54) is 22.7 Å². The van der Waals surface area contributed by atoms with Gasteiger partial charge in [-0.1, -0.05) is 12.1 Å². The molecule has 1 aliphatic rings. The number of hydrazine groups is 1. The molecule has 1 saturated heterocycles. The average molecular weight is 536 g/mol.